The highest BCUT2D eigenvalue weighted by atomic mass is 16.5. The van der Waals surface area contributed by atoms with E-state index in [4.69, 9.17) is 20.8 Å². The van der Waals surface area contributed by atoms with Crippen molar-refractivity contribution in [2.24, 2.45) is 0 Å². The van der Waals surface area contributed by atoms with Crippen LogP contribution in [0.25, 0.3) is 0 Å². The summed E-state index contributed by atoms with van der Waals surface area (Å²) in [4.78, 5) is 10.6. The number of ether oxygens (including phenoxy) is 1. The number of carboxylic acids is 1. The average molecular weight is 192 g/mol. The van der Waals surface area contributed by atoms with E-state index in [1.54, 1.807) is 6.07 Å². The number of hydrogen-bond donors (Lipinski definition) is 2. The Balaban J connectivity index is 2.96. The molecule has 0 aliphatic heterocycles. The number of hydrogen-bond acceptors (Lipinski definition) is 4. The van der Waals surface area contributed by atoms with Crippen LogP contribution in [0.2, 0.25) is 0 Å². The molecule has 0 aliphatic carbocycles. The van der Waals surface area contributed by atoms with Crippen LogP contribution in [0.15, 0.2) is 18.2 Å². The van der Waals surface area contributed by atoms with Crippen molar-refractivity contribution in [1.82, 2.24) is 0 Å². The smallest absolute Gasteiger partial charge is 0.337 e. The minimum atomic E-state index is -1.12. The summed E-state index contributed by atoms with van der Waals surface area (Å²) in [5.74, 6) is -0.803. The van der Waals surface area contributed by atoms with Gasteiger partial charge in [0.05, 0.1) is 5.56 Å². The summed E-state index contributed by atoms with van der Waals surface area (Å²) in [6.07, 6.45) is 0. The summed E-state index contributed by atoms with van der Waals surface area (Å²) in [5, 5.41) is 17.0. The Labute approximate surface area is 80.3 Å². The van der Waals surface area contributed by atoms with Gasteiger partial charge in [-0.25, -0.2) is 4.79 Å². The van der Waals surface area contributed by atoms with Crippen LogP contribution < -0.4 is 10.5 Å². The monoisotopic (exact) mass is 192 g/mol. The molecule has 0 aromatic heterocycles. The maximum atomic E-state index is 10.6. The summed E-state index contributed by atoms with van der Waals surface area (Å²) in [7, 11) is 0. The van der Waals surface area contributed by atoms with E-state index in [2.05, 4.69) is 0 Å². The molecule has 0 spiro atoms. The molecule has 0 saturated heterocycles. The number of nitrogens with zero attached hydrogens (tertiary/aromatic N) is 1. The van der Waals surface area contributed by atoms with Crippen molar-refractivity contribution in [3.8, 4) is 11.8 Å². The number of anilines is 1. The van der Waals surface area contributed by atoms with E-state index >= 15 is 0 Å². The highest BCUT2D eigenvalue weighted by molar-refractivity contribution is 5.94. The third kappa shape index (κ3) is 2.14. The van der Waals surface area contributed by atoms with Gasteiger partial charge in [-0.15, -0.1) is 0 Å². The Morgan fingerprint density at radius 2 is 2.36 bits per heavy atom. The van der Waals surface area contributed by atoms with Crippen molar-refractivity contribution in [2.45, 2.75) is 0 Å². The van der Waals surface area contributed by atoms with Crippen LogP contribution in [-0.2, 0) is 0 Å². The lowest BCUT2D eigenvalue weighted by Gasteiger charge is -2.04. The van der Waals surface area contributed by atoms with Crippen LogP contribution in [-0.4, -0.2) is 17.7 Å². The van der Waals surface area contributed by atoms with Crippen LogP contribution in [0.4, 0.5) is 5.69 Å². The first-order valence-corrected chi connectivity index (χ1v) is 3.77. The number of nitrogen functional groups attached to an aromatic ring is 1. The molecule has 0 amide bonds. The number of rotatable bonds is 3. The molecule has 0 fully saturated rings. The number of carboxylic acid groups (broad SMARTS) is 1. The van der Waals surface area contributed by atoms with Gasteiger partial charge in [0.2, 0.25) is 0 Å². The molecule has 1 aromatic carbocycles. The third-order valence-corrected chi connectivity index (χ3v) is 1.56. The summed E-state index contributed by atoms with van der Waals surface area (Å²) in [5.41, 5.74) is 5.56. The molecule has 0 heterocycles. The Morgan fingerprint density at radius 3 is 2.93 bits per heavy atom. The van der Waals surface area contributed by atoms with Crippen LogP contribution in [0.5, 0.6) is 5.75 Å². The summed E-state index contributed by atoms with van der Waals surface area (Å²) in [6.45, 7) is -0.122. The van der Waals surface area contributed by atoms with Gasteiger partial charge >= 0.3 is 5.97 Å². The maximum Gasteiger partial charge on any atom is 0.337 e. The standard InChI is InChI=1S/C9H8N2O3/c10-3-4-14-6-1-2-8(11)7(5-6)9(12)13/h1-2,5H,4,11H2,(H,12,13). The van der Waals surface area contributed by atoms with Crippen molar-refractivity contribution in [1.29, 1.82) is 5.26 Å². The predicted molar refractivity (Wildman–Crippen MR) is 48.9 cm³/mol. The average Bonchev–Trinajstić information content (AvgIpc) is 2.16. The van der Waals surface area contributed by atoms with E-state index in [1.807, 2.05) is 0 Å². The molecule has 0 aliphatic rings. The van der Waals surface area contributed by atoms with E-state index in [-0.39, 0.29) is 17.9 Å². The number of nitrogens with two attached hydrogens (primary N) is 1. The molecule has 0 bridgehead atoms. The molecule has 0 saturated carbocycles. The van der Waals surface area contributed by atoms with Crippen molar-refractivity contribution in [3.05, 3.63) is 23.8 Å². The first-order valence-electron chi connectivity index (χ1n) is 3.77. The lowest BCUT2D eigenvalue weighted by Crippen LogP contribution is -2.03. The highest BCUT2D eigenvalue weighted by Gasteiger charge is 2.08. The maximum absolute atomic E-state index is 10.6. The van der Waals surface area contributed by atoms with Crippen LogP contribution >= 0.6 is 0 Å². The van der Waals surface area contributed by atoms with Gasteiger partial charge < -0.3 is 15.6 Å². The Morgan fingerprint density at radius 1 is 1.64 bits per heavy atom. The largest absolute Gasteiger partial charge is 0.479 e. The van der Waals surface area contributed by atoms with Crippen molar-refractivity contribution >= 4 is 11.7 Å². The fraction of sp³-hybridized carbons (Fsp3) is 0.111. The van der Waals surface area contributed by atoms with Gasteiger partial charge in [-0.2, -0.15) is 5.26 Å². The molecule has 1 aromatic rings. The van der Waals surface area contributed by atoms with Gasteiger partial charge in [0.15, 0.2) is 6.61 Å². The van der Waals surface area contributed by atoms with Crippen LogP contribution in [0.1, 0.15) is 10.4 Å². The molecule has 0 radical (unpaired) electrons. The summed E-state index contributed by atoms with van der Waals surface area (Å²) in [6, 6.07) is 6.01. The highest BCUT2D eigenvalue weighted by Crippen LogP contribution is 2.19. The quantitative estimate of drug-likeness (QED) is 0.692. The SMILES string of the molecule is N#CCOc1ccc(N)c(C(=O)O)c1. The van der Waals surface area contributed by atoms with Gasteiger partial charge in [-0.05, 0) is 18.2 Å². The Kier molecular flexibility index (Phi) is 2.92. The first kappa shape index (κ1) is 9.86. The predicted octanol–water partition coefficient (Wildman–Crippen LogP) is 0.869. The lowest BCUT2D eigenvalue weighted by molar-refractivity contribution is 0.0697. The topological polar surface area (TPSA) is 96.3 Å². The fourth-order valence-corrected chi connectivity index (χ4v) is 0.926. The van der Waals surface area contributed by atoms with Crippen molar-refractivity contribution in [3.63, 3.8) is 0 Å². The van der Waals surface area contributed by atoms with Gasteiger partial charge in [-0.1, -0.05) is 0 Å². The van der Waals surface area contributed by atoms with E-state index in [0.717, 1.165) is 0 Å². The molecule has 0 unspecified atom stereocenters. The molecule has 1 rings (SSSR count). The van der Waals surface area contributed by atoms with E-state index in [9.17, 15) is 4.79 Å². The molecule has 5 heteroatoms. The van der Waals surface area contributed by atoms with Gasteiger partial charge in [0.1, 0.15) is 11.8 Å². The third-order valence-electron chi connectivity index (χ3n) is 1.56. The van der Waals surface area contributed by atoms with Crippen LogP contribution in [0.3, 0.4) is 0 Å². The van der Waals surface area contributed by atoms with E-state index in [1.165, 1.54) is 18.2 Å². The zero-order valence-corrected chi connectivity index (χ0v) is 7.23. The minimum Gasteiger partial charge on any atom is -0.479 e. The van der Waals surface area contributed by atoms with Crippen molar-refractivity contribution < 1.29 is 14.6 Å². The molecular weight excluding hydrogens is 184 g/mol. The van der Waals surface area contributed by atoms with E-state index in [0.29, 0.717) is 5.75 Å². The molecule has 0 atom stereocenters. The molecule has 3 N–H and O–H groups in total. The zero-order chi connectivity index (χ0) is 10.6. The van der Waals surface area contributed by atoms with Gasteiger partial charge in [0, 0.05) is 5.69 Å². The molecule has 5 nitrogen and oxygen atoms in total. The van der Waals surface area contributed by atoms with Crippen LogP contribution in [0, 0.1) is 11.3 Å². The fourth-order valence-electron chi connectivity index (χ4n) is 0.926. The normalized spacial score (nSPS) is 9.07. The second-order valence-corrected chi connectivity index (χ2v) is 2.50. The second-order valence-electron chi connectivity index (χ2n) is 2.50. The van der Waals surface area contributed by atoms with E-state index < -0.39 is 5.97 Å². The Hall–Kier alpha value is -2.22. The number of aromatic carboxylic acids is 1. The molecule has 14 heavy (non-hydrogen) atoms. The summed E-state index contributed by atoms with van der Waals surface area (Å²) < 4.78 is 4.92. The Bertz CT molecular complexity index is 396. The van der Waals surface area contributed by atoms with Gasteiger partial charge in [-0.3, -0.25) is 0 Å². The number of nitriles is 1. The molecule has 72 valence electrons. The zero-order valence-electron chi connectivity index (χ0n) is 7.23. The number of benzene rings is 1. The number of carbonyl (C=O) groups is 1. The lowest BCUT2D eigenvalue weighted by atomic mass is 10.2. The van der Waals surface area contributed by atoms with Gasteiger partial charge in [0.25, 0.3) is 0 Å². The minimum absolute atomic E-state index is 0.0274. The van der Waals surface area contributed by atoms with Crippen molar-refractivity contribution in [2.75, 3.05) is 12.3 Å². The first-order chi connectivity index (χ1) is 6.65. The molecular formula is C9H8N2O3. The second kappa shape index (κ2) is 4.14. The summed E-state index contributed by atoms with van der Waals surface area (Å²) >= 11 is 0.